The molecule has 1 aromatic rings. The van der Waals surface area contributed by atoms with Crippen molar-refractivity contribution in [3.05, 3.63) is 59.2 Å². The molecule has 2 rings (SSSR count). The molecule has 136 valence electrons. The molecule has 0 heterocycles. The zero-order valence-corrected chi connectivity index (χ0v) is 16.5. The lowest BCUT2D eigenvalue weighted by molar-refractivity contribution is -0.154. The molecule has 0 spiro atoms. The second kappa shape index (κ2) is 8.03. The minimum absolute atomic E-state index is 0.137. The van der Waals surface area contributed by atoms with Crippen LogP contribution in [0.2, 0.25) is 0 Å². The maximum absolute atomic E-state index is 13.2. The number of ether oxygens (including phenoxy) is 1. The van der Waals surface area contributed by atoms with E-state index in [4.69, 9.17) is 4.74 Å². The molecule has 0 unspecified atom stereocenters. The Kier molecular flexibility index (Phi) is 6.26. The van der Waals surface area contributed by atoms with E-state index in [-0.39, 0.29) is 11.9 Å². The van der Waals surface area contributed by atoms with E-state index in [1.807, 2.05) is 30.3 Å². The lowest BCUT2D eigenvalue weighted by Gasteiger charge is -2.36. The summed E-state index contributed by atoms with van der Waals surface area (Å²) in [6, 6.07) is 9.88. The van der Waals surface area contributed by atoms with Gasteiger partial charge in [0.05, 0.1) is 0 Å². The Hall–Kier alpha value is -1.83. The number of rotatable bonds is 6. The molecule has 2 heteroatoms. The molecule has 0 fully saturated rings. The van der Waals surface area contributed by atoms with Crippen LogP contribution in [0.25, 0.3) is 0 Å². The van der Waals surface area contributed by atoms with Crippen LogP contribution in [0.4, 0.5) is 0 Å². The van der Waals surface area contributed by atoms with E-state index in [1.54, 1.807) is 0 Å². The molecule has 0 atom stereocenters. The second-order valence-electron chi connectivity index (χ2n) is 8.07. The van der Waals surface area contributed by atoms with E-state index in [0.29, 0.717) is 18.4 Å². The third-order valence-electron chi connectivity index (χ3n) is 5.26. The predicted molar refractivity (Wildman–Crippen MR) is 104 cm³/mol. The zero-order valence-electron chi connectivity index (χ0n) is 16.5. The molecular weight excluding hydrogens is 308 g/mol. The van der Waals surface area contributed by atoms with E-state index in [2.05, 4.69) is 53.7 Å². The number of hydrogen-bond acceptors (Lipinski definition) is 2. The molecule has 0 aliphatic heterocycles. The summed E-state index contributed by atoms with van der Waals surface area (Å²) in [5, 5.41) is 0. The molecule has 0 aromatic heterocycles. The van der Waals surface area contributed by atoms with Gasteiger partial charge in [0.25, 0.3) is 0 Å². The van der Waals surface area contributed by atoms with Crippen molar-refractivity contribution in [1.82, 2.24) is 0 Å². The molecule has 25 heavy (non-hydrogen) atoms. The highest BCUT2D eigenvalue weighted by atomic mass is 16.5. The number of carbonyl (C=O) groups is 1. The first kappa shape index (κ1) is 19.5. The molecular formula is C23H32O2. The molecule has 0 bridgehead atoms. The summed E-state index contributed by atoms with van der Waals surface area (Å²) < 4.78 is 5.76. The van der Waals surface area contributed by atoms with Gasteiger partial charge in [-0.25, -0.2) is 0 Å². The second-order valence-corrected chi connectivity index (χ2v) is 8.07. The van der Waals surface area contributed by atoms with Crippen LogP contribution in [-0.4, -0.2) is 5.97 Å². The molecule has 0 saturated heterocycles. The molecule has 0 amide bonds. The first-order chi connectivity index (χ1) is 11.8. The van der Waals surface area contributed by atoms with Crippen molar-refractivity contribution in [2.75, 3.05) is 0 Å². The molecule has 1 aliphatic carbocycles. The molecule has 0 N–H and O–H groups in total. The van der Waals surface area contributed by atoms with Gasteiger partial charge in [-0.3, -0.25) is 4.79 Å². The summed E-state index contributed by atoms with van der Waals surface area (Å²) in [5.74, 6) is 0.880. The van der Waals surface area contributed by atoms with Gasteiger partial charge in [-0.1, -0.05) is 95.2 Å². The maximum atomic E-state index is 13.2. The van der Waals surface area contributed by atoms with Crippen LogP contribution in [-0.2, 0) is 16.1 Å². The fraction of sp³-hybridized carbons (Fsp3) is 0.522. The Morgan fingerprint density at radius 1 is 0.960 bits per heavy atom. The maximum Gasteiger partial charge on any atom is 0.320 e. The van der Waals surface area contributed by atoms with Gasteiger partial charge in [-0.15, -0.1) is 0 Å². The van der Waals surface area contributed by atoms with Crippen LogP contribution in [0.3, 0.4) is 0 Å². The minimum atomic E-state index is -0.660. The summed E-state index contributed by atoms with van der Waals surface area (Å²) in [7, 11) is 0. The van der Waals surface area contributed by atoms with Crippen LogP contribution < -0.4 is 0 Å². The third kappa shape index (κ3) is 4.42. The quantitative estimate of drug-likeness (QED) is 0.473. The number of allylic oxidation sites excluding steroid dienone is 2. The van der Waals surface area contributed by atoms with Gasteiger partial charge in [0.15, 0.2) is 0 Å². The molecule has 1 aliphatic rings. The van der Waals surface area contributed by atoms with E-state index in [9.17, 15) is 4.79 Å². The third-order valence-corrected chi connectivity index (χ3v) is 5.26. The van der Waals surface area contributed by atoms with Crippen molar-refractivity contribution in [2.24, 2.45) is 23.2 Å². The van der Waals surface area contributed by atoms with Crippen molar-refractivity contribution in [2.45, 2.75) is 54.6 Å². The molecule has 0 saturated carbocycles. The number of esters is 1. The normalized spacial score (nSPS) is 16.8. The Balaban J connectivity index is 2.34. The number of benzene rings is 1. The highest BCUT2D eigenvalue weighted by molar-refractivity contribution is 5.83. The smallest absolute Gasteiger partial charge is 0.320 e. The van der Waals surface area contributed by atoms with Crippen molar-refractivity contribution in [3.8, 4) is 0 Å². The molecule has 2 nitrogen and oxygen atoms in total. The average molecular weight is 341 g/mol. The van der Waals surface area contributed by atoms with Crippen molar-refractivity contribution < 1.29 is 9.53 Å². The standard InChI is InChI=1S/C23H32O2/c1-16(2)20-12-21(17(3)4)14-23(13-20,18(5)6)22(24)25-15-19-10-8-7-9-11-19/h7-11,13-14,16-18H,12,15H2,1-6H3. The number of carbonyl (C=O) groups excluding carboxylic acids is 1. The van der Waals surface area contributed by atoms with Gasteiger partial charge in [-0.05, 0) is 29.7 Å². The lowest BCUT2D eigenvalue weighted by atomic mass is 9.68. The van der Waals surface area contributed by atoms with E-state index >= 15 is 0 Å². The van der Waals surface area contributed by atoms with Crippen molar-refractivity contribution >= 4 is 5.97 Å². The monoisotopic (exact) mass is 340 g/mol. The fourth-order valence-corrected chi connectivity index (χ4v) is 3.27. The largest absolute Gasteiger partial charge is 0.460 e. The van der Waals surface area contributed by atoms with Gasteiger partial charge in [0, 0.05) is 0 Å². The Bertz CT molecular complexity index is 624. The van der Waals surface area contributed by atoms with Gasteiger partial charge >= 0.3 is 5.97 Å². The first-order valence-corrected chi connectivity index (χ1v) is 9.40. The zero-order chi connectivity index (χ0) is 18.6. The van der Waals surface area contributed by atoms with Crippen LogP contribution in [0, 0.1) is 23.2 Å². The SMILES string of the molecule is CC(C)C1=CC(C(=O)OCc2ccccc2)(C(C)C)C=C(C(C)C)C1. The van der Waals surface area contributed by atoms with E-state index in [1.165, 1.54) is 11.1 Å². The van der Waals surface area contributed by atoms with Crippen molar-refractivity contribution in [1.29, 1.82) is 0 Å². The van der Waals surface area contributed by atoms with Crippen LogP contribution in [0.5, 0.6) is 0 Å². The van der Waals surface area contributed by atoms with Gasteiger partial charge in [0.1, 0.15) is 12.0 Å². The Labute approximate surface area is 153 Å². The summed E-state index contributed by atoms with van der Waals surface area (Å²) in [4.78, 5) is 13.2. The Morgan fingerprint density at radius 2 is 1.48 bits per heavy atom. The van der Waals surface area contributed by atoms with Crippen LogP contribution in [0.1, 0.15) is 53.5 Å². The predicted octanol–water partition coefficient (Wildman–Crippen LogP) is 5.94. The van der Waals surface area contributed by atoms with Crippen LogP contribution >= 0.6 is 0 Å². The summed E-state index contributed by atoms with van der Waals surface area (Å²) in [5.41, 5.74) is 3.05. The summed E-state index contributed by atoms with van der Waals surface area (Å²) in [6.45, 7) is 13.4. The average Bonchev–Trinajstić information content (AvgIpc) is 2.59. The highest BCUT2D eigenvalue weighted by Crippen LogP contribution is 2.43. The fourth-order valence-electron chi connectivity index (χ4n) is 3.27. The minimum Gasteiger partial charge on any atom is -0.460 e. The van der Waals surface area contributed by atoms with Crippen molar-refractivity contribution in [3.63, 3.8) is 0 Å². The molecule has 0 radical (unpaired) electrons. The highest BCUT2D eigenvalue weighted by Gasteiger charge is 2.42. The Morgan fingerprint density at radius 3 is 1.92 bits per heavy atom. The van der Waals surface area contributed by atoms with Crippen LogP contribution in [0.15, 0.2) is 53.6 Å². The van der Waals surface area contributed by atoms with E-state index < -0.39 is 5.41 Å². The van der Waals surface area contributed by atoms with Gasteiger partial charge in [-0.2, -0.15) is 0 Å². The van der Waals surface area contributed by atoms with E-state index in [0.717, 1.165) is 12.0 Å². The topological polar surface area (TPSA) is 26.3 Å². The van der Waals surface area contributed by atoms with Gasteiger partial charge < -0.3 is 4.74 Å². The first-order valence-electron chi connectivity index (χ1n) is 9.40. The summed E-state index contributed by atoms with van der Waals surface area (Å²) >= 11 is 0. The molecule has 1 aromatic carbocycles. The lowest BCUT2D eigenvalue weighted by Crippen LogP contribution is -2.37. The number of hydrogen-bond donors (Lipinski definition) is 0. The summed E-state index contributed by atoms with van der Waals surface area (Å²) in [6.07, 6.45) is 5.33. The van der Waals surface area contributed by atoms with Gasteiger partial charge in [0.2, 0.25) is 0 Å².